The van der Waals surface area contributed by atoms with Crippen molar-refractivity contribution >= 4 is 33.1 Å². The average Bonchev–Trinajstić information content (AvgIpc) is 2.87. The fraction of sp³-hybridized carbons (Fsp3) is 0.125. The van der Waals surface area contributed by atoms with Crippen LogP contribution in [0.25, 0.3) is 10.2 Å². The quantitative estimate of drug-likeness (QED) is 0.776. The number of para-hydroxylation sites is 1. The van der Waals surface area contributed by atoms with E-state index in [1.54, 1.807) is 36.4 Å². The van der Waals surface area contributed by atoms with Gasteiger partial charge in [0.05, 0.1) is 22.4 Å². The smallest absolute Gasteiger partial charge is 0.305 e. The summed E-state index contributed by atoms with van der Waals surface area (Å²) >= 11 is 1.11. The molecule has 0 aliphatic heterocycles. The number of carbonyl (C=O) groups is 1. The van der Waals surface area contributed by atoms with Crippen molar-refractivity contribution in [2.24, 2.45) is 0 Å². The number of benzene rings is 2. The second-order valence-corrected chi connectivity index (χ2v) is 5.62. The topological polar surface area (TPSA) is 71.2 Å². The predicted octanol–water partition coefficient (Wildman–Crippen LogP) is 3.24. The second kappa shape index (κ2) is 6.03. The molecule has 3 rings (SSSR count). The number of rotatable bonds is 4. The van der Waals surface area contributed by atoms with Gasteiger partial charge in [0.25, 0.3) is 5.91 Å². The SMILES string of the molecule is CCOc1ccccc1C(=O)Nc1ccc2[nH]c(=O)sc2c1. The van der Waals surface area contributed by atoms with Gasteiger partial charge < -0.3 is 15.0 Å². The van der Waals surface area contributed by atoms with Crippen molar-refractivity contribution in [1.82, 2.24) is 4.98 Å². The molecule has 0 saturated carbocycles. The zero-order valence-electron chi connectivity index (χ0n) is 11.9. The monoisotopic (exact) mass is 314 g/mol. The normalized spacial score (nSPS) is 10.6. The van der Waals surface area contributed by atoms with Gasteiger partial charge in [-0.1, -0.05) is 23.5 Å². The molecule has 3 aromatic rings. The van der Waals surface area contributed by atoms with Gasteiger partial charge in [0, 0.05) is 5.69 Å². The van der Waals surface area contributed by atoms with E-state index >= 15 is 0 Å². The molecule has 0 spiro atoms. The summed E-state index contributed by atoms with van der Waals surface area (Å²) in [5.74, 6) is 0.307. The summed E-state index contributed by atoms with van der Waals surface area (Å²) in [5.41, 5.74) is 1.88. The molecule has 0 saturated heterocycles. The molecular formula is C16H14N2O3S. The van der Waals surface area contributed by atoms with E-state index in [0.29, 0.717) is 23.6 Å². The molecule has 0 radical (unpaired) electrons. The van der Waals surface area contributed by atoms with E-state index in [9.17, 15) is 9.59 Å². The van der Waals surface area contributed by atoms with Gasteiger partial charge >= 0.3 is 4.87 Å². The van der Waals surface area contributed by atoms with Crippen LogP contribution in [0.15, 0.2) is 47.3 Å². The molecule has 22 heavy (non-hydrogen) atoms. The van der Waals surface area contributed by atoms with Crippen molar-refractivity contribution in [3.63, 3.8) is 0 Å². The molecule has 0 bridgehead atoms. The van der Waals surface area contributed by atoms with Crippen molar-refractivity contribution < 1.29 is 9.53 Å². The molecule has 2 aromatic carbocycles. The van der Waals surface area contributed by atoms with Crippen LogP contribution in [0.4, 0.5) is 5.69 Å². The lowest BCUT2D eigenvalue weighted by atomic mass is 10.2. The molecule has 2 N–H and O–H groups in total. The fourth-order valence-corrected chi connectivity index (χ4v) is 2.93. The standard InChI is InChI=1S/C16H14N2O3S/c1-2-21-13-6-4-3-5-11(13)15(19)17-10-7-8-12-14(9-10)22-16(20)18-12/h3-9H,2H2,1H3,(H,17,19)(H,18,20). The van der Waals surface area contributed by atoms with Crippen molar-refractivity contribution in [3.05, 3.63) is 57.7 Å². The first kappa shape index (κ1) is 14.3. The van der Waals surface area contributed by atoms with E-state index in [1.165, 1.54) is 0 Å². The summed E-state index contributed by atoms with van der Waals surface area (Å²) in [6.45, 7) is 2.37. The van der Waals surface area contributed by atoms with Gasteiger partial charge in [-0.25, -0.2) is 0 Å². The Balaban J connectivity index is 1.87. The highest BCUT2D eigenvalue weighted by atomic mass is 32.1. The maximum atomic E-state index is 12.4. The van der Waals surface area contributed by atoms with E-state index in [0.717, 1.165) is 21.6 Å². The van der Waals surface area contributed by atoms with Crippen LogP contribution in [0.3, 0.4) is 0 Å². The fourth-order valence-electron chi connectivity index (χ4n) is 2.16. The van der Waals surface area contributed by atoms with Crippen LogP contribution in [-0.2, 0) is 0 Å². The summed E-state index contributed by atoms with van der Waals surface area (Å²) in [6, 6.07) is 12.4. The van der Waals surface area contributed by atoms with Crippen molar-refractivity contribution in [1.29, 1.82) is 0 Å². The second-order valence-electron chi connectivity index (χ2n) is 4.61. The van der Waals surface area contributed by atoms with E-state index in [2.05, 4.69) is 10.3 Å². The van der Waals surface area contributed by atoms with Crippen LogP contribution in [0.2, 0.25) is 0 Å². The molecule has 1 amide bonds. The number of hydrogen-bond donors (Lipinski definition) is 2. The highest BCUT2D eigenvalue weighted by Crippen LogP contribution is 2.22. The number of aromatic nitrogens is 1. The van der Waals surface area contributed by atoms with E-state index in [4.69, 9.17) is 4.74 Å². The molecular weight excluding hydrogens is 300 g/mol. The highest BCUT2D eigenvalue weighted by Gasteiger charge is 2.12. The highest BCUT2D eigenvalue weighted by molar-refractivity contribution is 7.16. The Bertz CT molecular complexity index is 882. The molecule has 1 aromatic heterocycles. The molecule has 5 nitrogen and oxygen atoms in total. The molecule has 0 atom stereocenters. The van der Waals surface area contributed by atoms with Crippen LogP contribution < -0.4 is 14.9 Å². The average molecular weight is 314 g/mol. The maximum Gasteiger partial charge on any atom is 0.305 e. The van der Waals surface area contributed by atoms with Gasteiger partial charge in [-0.2, -0.15) is 0 Å². The van der Waals surface area contributed by atoms with Crippen LogP contribution >= 0.6 is 11.3 Å². The molecule has 0 unspecified atom stereocenters. The zero-order valence-corrected chi connectivity index (χ0v) is 12.7. The van der Waals surface area contributed by atoms with E-state index < -0.39 is 0 Å². The first-order valence-electron chi connectivity index (χ1n) is 6.83. The summed E-state index contributed by atoms with van der Waals surface area (Å²) in [4.78, 5) is 26.3. The van der Waals surface area contributed by atoms with E-state index in [1.807, 2.05) is 13.0 Å². The van der Waals surface area contributed by atoms with Gasteiger partial charge in [-0.3, -0.25) is 9.59 Å². The minimum Gasteiger partial charge on any atom is -0.493 e. The third-order valence-corrected chi connectivity index (χ3v) is 3.96. The number of hydrogen-bond acceptors (Lipinski definition) is 4. The summed E-state index contributed by atoms with van der Waals surface area (Å²) in [7, 11) is 0. The van der Waals surface area contributed by atoms with Crippen molar-refractivity contribution in [2.75, 3.05) is 11.9 Å². The van der Waals surface area contributed by atoms with Crippen LogP contribution in [0, 0.1) is 0 Å². The lowest BCUT2D eigenvalue weighted by molar-refractivity contribution is 0.102. The summed E-state index contributed by atoms with van der Waals surface area (Å²) in [5, 5.41) is 2.83. The maximum absolute atomic E-state index is 12.4. The predicted molar refractivity (Wildman–Crippen MR) is 88.0 cm³/mol. The summed E-state index contributed by atoms with van der Waals surface area (Å²) in [6.07, 6.45) is 0. The Hall–Kier alpha value is -2.60. The number of ether oxygens (including phenoxy) is 1. The molecule has 112 valence electrons. The third-order valence-electron chi connectivity index (χ3n) is 3.11. The van der Waals surface area contributed by atoms with Gasteiger partial charge in [-0.15, -0.1) is 0 Å². The van der Waals surface area contributed by atoms with Crippen molar-refractivity contribution in [2.45, 2.75) is 6.92 Å². The minimum absolute atomic E-state index is 0.111. The van der Waals surface area contributed by atoms with Crippen molar-refractivity contribution in [3.8, 4) is 5.75 Å². The number of fused-ring (bicyclic) bond motifs is 1. The number of anilines is 1. The van der Waals surface area contributed by atoms with Gasteiger partial charge in [0.1, 0.15) is 5.75 Å². The van der Waals surface area contributed by atoms with Gasteiger partial charge in [0.15, 0.2) is 0 Å². The molecule has 0 fully saturated rings. The lowest BCUT2D eigenvalue weighted by Crippen LogP contribution is -2.13. The third kappa shape index (κ3) is 2.87. The number of nitrogens with one attached hydrogen (secondary N) is 2. The number of carbonyl (C=O) groups excluding carboxylic acids is 1. The molecule has 0 aliphatic rings. The molecule has 1 heterocycles. The first-order valence-corrected chi connectivity index (χ1v) is 7.65. The molecule has 6 heteroatoms. The number of aromatic amines is 1. The van der Waals surface area contributed by atoms with Gasteiger partial charge in [0.2, 0.25) is 0 Å². The van der Waals surface area contributed by atoms with Gasteiger partial charge in [-0.05, 0) is 37.3 Å². The number of H-pyrrole nitrogens is 1. The Kier molecular flexibility index (Phi) is 3.93. The summed E-state index contributed by atoms with van der Waals surface area (Å²) < 4.78 is 6.27. The van der Waals surface area contributed by atoms with E-state index in [-0.39, 0.29) is 10.8 Å². The Labute approximate surface area is 130 Å². The Morgan fingerprint density at radius 1 is 1.27 bits per heavy atom. The largest absolute Gasteiger partial charge is 0.493 e. The molecule has 0 aliphatic carbocycles. The minimum atomic E-state index is -0.244. The van der Waals surface area contributed by atoms with Crippen LogP contribution in [0.5, 0.6) is 5.75 Å². The number of amides is 1. The lowest BCUT2D eigenvalue weighted by Gasteiger charge is -2.10. The van der Waals surface area contributed by atoms with Crippen LogP contribution in [-0.4, -0.2) is 17.5 Å². The Morgan fingerprint density at radius 3 is 2.91 bits per heavy atom. The first-order chi connectivity index (χ1) is 10.7. The zero-order chi connectivity index (χ0) is 15.5. The Morgan fingerprint density at radius 2 is 2.09 bits per heavy atom. The number of thiazole rings is 1. The van der Waals surface area contributed by atoms with Crippen LogP contribution in [0.1, 0.15) is 17.3 Å².